The predicted molar refractivity (Wildman–Crippen MR) is 89.8 cm³/mol. The normalized spacial score (nSPS) is 11.3. The summed E-state index contributed by atoms with van der Waals surface area (Å²) in [7, 11) is 0. The molecule has 0 aliphatic heterocycles. The van der Waals surface area contributed by atoms with E-state index >= 15 is 0 Å². The molecule has 3 rings (SSSR count). The molecule has 0 saturated heterocycles. The molecule has 2 aromatic carbocycles. The van der Waals surface area contributed by atoms with Crippen LogP contribution in [0.15, 0.2) is 58.3 Å². The number of aromatic amines is 1. The molecular weight excluding hydrogens is 317 g/mol. The SMILES string of the molecule is Cc1[nH]n(-c2ccc(Cl)cc2)c(=O)c1C=Nc1ccc(F)cc1. The fourth-order valence-corrected chi connectivity index (χ4v) is 2.28. The fourth-order valence-electron chi connectivity index (χ4n) is 2.15. The van der Waals surface area contributed by atoms with Crippen molar-refractivity contribution in [1.82, 2.24) is 9.78 Å². The summed E-state index contributed by atoms with van der Waals surface area (Å²) in [5, 5.41) is 3.60. The zero-order valence-corrected chi connectivity index (χ0v) is 13.0. The monoisotopic (exact) mass is 329 g/mol. The average molecular weight is 330 g/mol. The second-order valence-corrected chi connectivity index (χ2v) is 5.44. The second kappa shape index (κ2) is 6.22. The van der Waals surface area contributed by atoms with Crippen molar-refractivity contribution in [2.75, 3.05) is 0 Å². The maximum absolute atomic E-state index is 12.9. The van der Waals surface area contributed by atoms with Crippen LogP contribution < -0.4 is 5.56 Å². The largest absolute Gasteiger partial charge is 0.295 e. The second-order valence-electron chi connectivity index (χ2n) is 5.00. The van der Waals surface area contributed by atoms with Gasteiger partial charge in [-0.25, -0.2) is 9.07 Å². The first kappa shape index (κ1) is 15.2. The third kappa shape index (κ3) is 3.24. The lowest BCUT2D eigenvalue weighted by molar-refractivity contribution is 0.628. The Kier molecular flexibility index (Phi) is 4.12. The molecule has 0 spiro atoms. The molecule has 0 atom stereocenters. The van der Waals surface area contributed by atoms with Crippen LogP contribution in [0, 0.1) is 12.7 Å². The van der Waals surface area contributed by atoms with Crippen molar-refractivity contribution in [2.45, 2.75) is 6.92 Å². The van der Waals surface area contributed by atoms with Crippen LogP contribution in [0.25, 0.3) is 5.69 Å². The van der Waals surface area contributed by atoms with E-state index in [4.69, 9.17) is 11.6 Å². The van der Waals surface area contributed by atoms with Crippen LogP contribution in [-0.2, 0) is 0 Å². The molecular formula is C17H13ClFN3O. The van der Waals surface area contributed by atoms with Crippen molar-refractivity contribution in [1.29, 1.82) is 0 Å². The molecule has 4 nitrogen and oxygen atoms in total. The first-order valence-electron chi connectivity index (χ1n) is 6.92. The van der Waals surface area contributed by atoms with Gasteiger partial charge in [0.05, 0.1) is 16.9 Å². The van der Waals surface area contributed by atoms with Crippen LogP contribution in [0.5, 0.6) is 0 Å². The zero-order chi connectivity index (χ0) is 16.4. The van der Waals surface area contributed by atoms with Gasteiger partial charge in [-0.15, -0.1) is 0 Å². The molecule has 6 heteroatoms. The van der Waals surface area contributed by atoms with E-state index in [0.29, 0.717) is 27.7 Å². The number of aromatic nitrogens is 2. The molecule has 1 N–H and O–H groups in total. The van der Waals surface area contributed by atoms with Crippen LogP contribution in [0.4, 0.5) is 10.1 Å². The Hall–Kier alpha value is -2.66. The maximum Gasteiger partial charge on any atom is 0.280 e. The molecule has 0 amide bonds. The Morgan fingerprint density at radius 2 is 1.78 bits per heavy atom. The van der Waals surface area contributed by atoms with Gasteiger partial charge in [0.15, 0.2) is 0 Å². The van der Waals surface area contributed by atoms with Gasteiger partial charge in [-0.1, -0.05) is 11.6 Å². The topological polar surface area (TPSA) is 50.1 Å². The van der Waals surface area contributed by atoms with E-state index in [1.54, 1.807) is 43.3 Å². The van der Waals surface area contributed by atoms with Gasteiger partial charge in [-0.05, 0) is 55.5 Å². The minimum atomic E-state index is -0.327. The molecule has 116 valence electrons. The summed E-state index contributed by atoms with van der Waals surface area (Å²) in [4.78, 5) is 16.7. The number of hydrogen-bond acceptors (Lipinski definition) is 2. The highest BCUT2D eigenvalue weighted by Gasteiger charge is 2.10. The molecule has 23 heavy (non-hydrogen) atoms. The van der Waals surface area contributed by atoms with Gasteiger partial charge in [0.1, 0.15) is 5.82 Å². The lowest BCUT2D eigenvalue weighted by Gasteiger charge is -2.00. The van der Waals surface area contributed by atoms with Crippen molar-refractivity contribution >= 4 is 23.5 Å². The standard InChI is InChI=1S/C17H13ClFN3O/c1-11-16(10-20-14-6-4-13(19)5-7-14)17(23)22(21-11)15-8-2-12(18)3-9-15/h2-10,21H,1H3. The van der Waals surface area contributed by atoms with E-state index in [0.717, 1.165) is 0 Å². The van der Waals surface area contributed by atoms with Gasteiger partial charge in [0.25, 0.3) is 5.56 Å². The van der Waals surface area contributed by atoms with Gasteiger partial charge in [-0.3, -0.25) is 14.9 Å². The van der Waals surface area contributed by atoms with E-state index in [1.807, 2.05) is 0 Å². The predicted octanol–water partition coefficient (Wildman–Crippen LogP) is 4.02. The van der Waals surface area contributed by atoms with E-state index in [9.17, 15) is 9.18 Å². The highest BCUT2D eigenvalue weighted by molar-refractivity contribution is 6.30. The van der Waals surface area contributed by atoms with Crippen molar-refractivity contribution < 1.29 is 4.39 Å². The minimum absolute atomic E-state index is 0.212. The van der Waals surface area contributed by atoms with Crippen LogP contribution in [0.2, 0.25) is 5.02 Å². The van der Waals surface area contributed by atoms with Crippen molar-refractivity contribution in [3.63, 3.8) is 0 Å². The molecule has 0 fully saturated rings. The fraction of sp³-hybridized carbons (Fsp3) is 0.0588. The quantitative estimate of drug-likeness (QED) is 0.725. The molecule has 1 aromatic heterocycles. The summed E-state index contributed by atoms with van der Waals surface area (Å²) in [5.41, 5.74) is 2.18. The number of rotatable bonds is 3. The molecule has 0 radical (unpaired) electrons. The zero-order valence-electron chi connectivity index (χ0n) is 12.3. The highest BCUT2D eigenvalue weighted by Crippen LogP contribution is 2.14. The van der Waals surface area contributed by atoms with E-state index in [-0.39, 0.29) is 11.4 Å². The number of benzene rings is 2. The van der Waals surface area contributed by atoms with Crippen LogP contribution in [0.1, 0.15) is 11.3 Å². The van der Waals surface area contributed by atoms with Crippen LogP contribution >= 0.6 is 11.6 Å². The first-order chi connectivity index (χ1) is 11.0. The van der Waals surface area contributed by atoms with Crippen molar-refractivity contribution in [3.8, 4) is 5.69 Å². The first-order valence-corrected chi connectivity index (χ1v) is 7.29. The Morgan fingerprint density at radius 3 is 2.43 bits per heavy atom. The lowest BCUT2D eigenvalue weighted by Crippen LogP contribution is -2.17. The Labute approximate surface area is 136 Å². The van der Waals surface area contributed by atoms with Crippen molar-refractivity contribution in [2.24, 2.45) is 4.99 Å². The molecule has 0 aliphatic rings. The summed E-state index contributed by atoms with van der Waals surface area (Å²) >= 11 is 5.86. The van der Waals surface area contributed by atoms with Crippen LogP contribution in [-0.4, -0.2) is 16.0 Å². The van der Waals surface area contributed by atoms with Gasteiger partial charge >= 0.3 is 0 Å². The van der Waals surface area contributed by atoms with Crippen molar-refractivity contribution in [3.05, 3.63) is 81.0 Å². The van der Waals surface area contributed by atoms with Gasteiger partial charge in [-0.2, -0.15) is 0 Å². The van der Waals surface area contributed by atoms with Gasteiger partial charge < -0.3 is 0 Å². The summed E-state index contributed by atoms with van der Waals surface area (Å²) in [5.74, 6) is -0.327. The van der Waals surface area contributed by atoms with Gasteiger partial charge in [0.2, 0.25) is 0 Å². The average Bonchev–Trinajstić information content (AvgIpc) is 2.82. The smallest absolute Gasteiger partial charge is 0.280 e. The number of nitrogens with zero attached hydrogens (tertiary/aromatic N) is 2. The van der Waals surface area contributed by atoms with E-state index in [1.165, 1.54) is 23.0 Å². The summed E-state index contributed by atoms with van der Waals surface area (Å²) in [6.07, 6.45) is 1.48. The summed E-state index contributed by atoms with van der Waals surface area (Å²) in [6, 6.07) is 12.7. The Morgan fingerprint density at radius 1 is 1.13 bits per heavy atom. The Bertz CT molecular complexity index is 909. The summed E-state index contributed by atoms with van der Waals surface area (Å²) in [6.45, 7) is 1.79. The molecule has 3 aromatic rings. The maximum atomic E-state index is 12.9. The molecule has 0 unspecified atom stereocenters. The molecule has 0 aliphatic carbocycles. The molecule has 1 heterocycles. The number of aliphatic imine (C=N–C) groups is 1. The number of aryl methyl sites for hydroxylation is 1. The number of halogens is 2. The number of H-pyrrole nitrogens is 1. The van der Waals surface area contributed by atoms with Crippen LogP contribution in [0.3, 0.4) is 0 Å². The van der Waals surface area contributed by atoms with Gasteiger partial charge in [0, 0.05) is 16.9 Å². The lowest BCUT2D eigenvalue weighted by atomic mass is 10.2. The van der Waals surface area contributed by atoms with E-state index in [2.05, 4.69) is 10.1 Å². The van der Waals surface area contributed by atoms with E-state index < -0.39 is 0 Å². The molecule has 0 bridgehead atoms. The molecule has 0 saturated carbocycles. The highest BCUT2D eigenvalue weighted by atomic mass is 35.5. The Balaban J connectivity index is 1.96. The summed E-state index contributed by atoms with van der Waals surface area (Å²) < 4.78 is 14.3. The third-order valence-electron chi connectivity index (χ3n) is 3.37. The third-order valence-corrected chi connectivity index (χ3v) is 3.62. The number of nitrogens with one attached hydrogen (secondary N) is 1. The number of hydrogen-bond donors (Lipinski definition) is 1. The minimum Gasteiger partial charge on any atom is -0.295 e.